The Morgan fingerprint density at radius 2 is 2.27 bits per heavy atom. The lowest BCUT2D eigenvalue weighted by molar-refractivity contribution is -0.125. The van der Waals surface area contributed by atoms with Crippen LogP contribution in [0.15, 0.2) is 0 Å². The lowest BCUT2D eigenvalue weighted by atomic mass is 10.0. The summed E-state index contributed by atoms with van der Waals surface area (Å²) in [5.41, 5.74) is 0. The molecule has 0 aromatic heterocycles. The molecule has 4 heteroatoms. The largest absolute Gasteiger partial charge is 0.391 e. The molecule has 0 spiro atoms. The average Bonchev–Trinajstić information content (AvgIpc) is 2.98. The van der Waals surface area contributed by atoms with Crippen LogP contribution in [0.5, 0.6) is 0 Å². The van der Waals surface area contributed by atoms with E-state index in [1.807, 2.05) is 6.92 Å². The molecule has 1 heterocycles. The maximum atomic E-state index is 11.7. The summed E-state index contributed by atoms with van der Waals surface area (Å²) in [7, 11) is 0. The molecule has 3 atom stereocenters. The number of aliphatic hydroxyl groups excluding tert-OH is 1. The molecule has 1 aliphatic heterocycles. The van der Waals surface area contributed by atoms with Crippen molar-refractivity contribution in [3.05, 3.63) is 0 Å². The van der Waals surface area contributed by atoms with Crippen molar-refractivity contribution in [2.45, 2.75) is 38.3 Å². The second-order valence-corrected chi connectivity index (χ2v) is 4.79. The number of rotatable bonds is 4. The van der Waals surface area contributed by atoms with E-state index in [1.54, 1.807) is 0 Å². The summed E-state index contributed by atoms with van der Waals surface area (Å²) in [6, 6.07) is 0.267. The fourth-order valence-electron chi connectivity index (χ4n) is 2.20. The molecule has 1 amide bonds. The van der Waals surface area contributed by atoms with Gasteiger partial charge in [0.05, 0.1) is 12.0 Å². The maximum absolute atomic E-state index is 11.7. The fourth-order valence-corrected chi connectivity index (χ4v) is 2.20. The second kappa shape index (κ2) is 4.49. The van der Waals surface area contributed by atoms with Gasteiger partial charge in [-0.15, -0.1) is 0 Å². The Morgan fingerprint density at radius 3 is 2.80 bits per heavy atom. The predicted molar refractivity (Wildman–Crippen MR) is 57.3 cm³/mol. The molecule has 3 unspecified atom stereocenters. The van der Waals surface area contributed by atoms with E-state index in [0.29, 0.717) is 12.5 Å². The lowest BCUT2D eigenvalue weighted by Gasteiger charge is -2.16. The van der Waals surface area contributed by atoms with Gasteiger partial charge in [-0.3, -0.25) is 4.79 Å². The summed E-state index contributed by atoms with van der Waals surface area (Å²) in [5.74, 6) is 0.605. The molecule has 1 aliphatic carbocycles. The molecule has 86 valence electrons. The van der Waals surface area contributed by atoms with Crippen LogP contribution in [0.25, 0.3) is 0 Å². The average molecular weight is 212 g/mol. The third-order valence-corrected chi connectivity index (χ3v) is 3.51. The molecule has 4 nitrogen and oxygen atoms in total. The van der Waals surface area contributed by atoms with Crippen LogP contribution in [0.2, 0.25) is 0 Å². The maximum Gasteiger partial charge on any atom is 0.224 e. The van der Waals surface area contributed by atoms with E-state index in [-0.39, 0.29) is 24.0 Å². The summed E-state index contributed by atoms with van der Waals surface area (Å²) in [5, 5.41) is 15.7. The van der Waals surface area contributed by atoms with Crippen molar-refractivity contribution < 1.29 is 9.90 Å². The van der Waals surface area contributed by atoms with Gasteiger partial charge in [-0.25, -0.2) is 0 Å². The summed E-state index contributed by atoms with van der Waals surface area (Å²) >= 11 is 0. The zero-order chi connectivity index (χ0) is 10.8. The molecule has 0 radical (unpaired) electrons. The van der Waals surface area contributed by atoms with Gasteiger partial charge in [0.1, 0.15) is 0 Å². The molecule has 0 aromatic rings. The minimum Gasteiger partial charge on any atom is -0.391 e. The van der Waals surface area contributed by atoms with Crippen molar-refractivity contribution in [3.63, 3.8) is 0 Å². The summed E-state index contributed by atoms with van der Waals surface area (Å²) in [6.45, 7) is 3.38. The molecular weight excluding hydrogens is 192 g/mol. The molecule has 3 N–H and O–H groups in total. The van der Waals surface area contributed by atoms with Crippen LogP contribution in [0.3, 0.4) is 0 Å². The van der Waals surface area contributed by atoms with E-state index in [9.17, 15) is 9.90 Å². The SMILES string of the molecule is CC1NCCC1C(=O)NCC(O)C1CC1. The molecule has 2 rings (SSSR count). The van der Waals surface area contributed by atoms with Gasteiger partial charge in [0, 0.05) is 12.6 Å². The van der Waals surface area contributed by atoms with Gasteiger partial charge in [0.25, 0.3) is 0 Å². The minimum absolute atomic E-state index is 0.0800. The smallest absolute Gasteiger partial charge is 0.224 e. The quantitative estimate of drug-likeness (QED) is 0.608. The minimum atomic E-state index is -0.335. The van der Waals surface area contributed by atoms with Crippen LogP contribution < -0.4 is 10.6 Å². The number of nitrogens with one attached hydrogen (secondary N) is 2. The van der Waals surface area contributed by atoms with Crippen molar-refractivity contribution in [1.29, 1.82) is 0 Å². The van der Waals surface area contributed by atoms with Crippen molar-refractivity contribution >= 4 is 5.91 Å². The van der Waals surface area contributed by atoms with Crippen LogP contribution in [-0.2, 0) is 4.79 Å². The Kier molecular flexibility index (Phi) is 3.26. The molecule has 2 fully saturated rings. The molecule has 2 aliphatic rings. The van der Waals surface area contributed by atoms with Crippen molar-refractivity contribution in [3.8, 4) is 0 Å². The van der Waals surface area contributed by atoms with E-state index >= 15 is 0 Å². The van der Waals surface area contributed by atoms with Gasteiger partial charge in [-0.2, -0.15) is 0 Å². The third-order valence-electron chi connectivity index (χ3n) is 3.51. The highest BCUT2D eigenvalue weighted by Gasteiger charge is 2.32. The Hall–Kier alpha value is -0.610. The Morgan fingerprint density at radius 1 is 1.53 bits per heavy atom. The summed E-state index contributed by atoms with van der Waals surface area (Å²) in [6.07, 6.45) is 2.79. The standard InChI is InChI=1S/C11H20N2O2/c1-7-9(4-5-12-7)11(15)13-6-10(14)8-2-3-8/h7-10,12,14H,2-6H2,1H3,(H,13,15). The molecule has 0 bridgehead atoms. The lowest BCUT2D eigenvalue weighted by Crippen LogP contribution is -2.40. The summed E-state index contributed by atoms with van der Waals surface area (Å²) < 4.78 is 0. The van der Waals surface area contributed by atoms with E-state index in [4.69, 9.17) is 0 Å². The monoisotopic (exact) mass is 212 g/mol. The number of carbonyl (C=O) groups excluding carboxylic acids is 1. The molecular formula is C11H20N2O2. The topological polar surface area (TPSA) is 61.4 Å². The first-order chi connectivity index (χ1) is 7.18. The first-order valence-corrected chi connectivity index (χ1v) is 5.87. The molecule has 1 saturated carbocycles. The molecule has 15 heavy (non-hydrogen) atoms. The predicted octanol–water partition coefficient (Wildman–Crippen LogP) is -0.128. The second-order valence-electron chi connectivity index (χ2n) is 4.79. The fraction of sp³-hybridized carbons (Fsp3) is 0.909. The zero-order valence-corrected chi connectivity index (χ0v) is 9.20. The van der Waals surface area contributed by atoms with Gasteiger partial charge >= 0.3 is 0 Å². The van der Waals surface area contributed by atoms with E-state index < -0.39 is 0 Å². The van der Waals surface area contributed by atoms with Crippen LogP contribution in [0, 0.1) is 11.8 Å². The number of amides is 1. The van der Waals surface area contributed by atoms with Gasteiger partial charge in [-0.05, 0) is 38.6 Å². The van der Waals surface area contributed by atoms with E-state index in [0.717, 1.165) is 25.8 Å². The Balaban J connectivity index is 1.71. The van der Waals surface area contributed by atoms with Crippen molar-refractivity contribution in [2.24, 2.45) is 11.8 Å². The van der Waals surface area contributed by atoms with Crippen LogP contribution in [-0.4, -0.2) is 36.2 Å². The zero-order valence-electron chi connectivity index (χ0n) is 9.20. The first kappa shape index (κ1) is 10.9. The van der Waals surface area contributed by atoms with Crippen LogP contribution in [0.1, 0.15) is 26.2 Å². The number of aliphatic hydroxyl groups is 1. The number of hydrogen-bond acceptors (Lipinski definition) is 3. The van der Waals surface area contributed by atoms with E-state index in [1.165, 1.54) is 0 Å². The third kappa shape index (κ3) is 2.69. The Labute approximate surface area is 90.4 Å². The highest BCUT2D eigenvalue weighted by Crippen LogP contribution is 2.32. The Bertz CT molecular complexity index is 241. The van der Waals surface area contributed by atoms with Crippen molar-refractivity contribution in [1.82, 2.24) is 10.6 Å². The normalized spacial score (nSPS) is 32.7. The van der Waals surface area contributed by atoms with Crippen LogP contribution >= 0.6 is 0 Å². The molecule has 1 saturated heterocycles. The highest BCUT2D eigenvalue weighted by molar-refractivity contribution is 5.79. The van der Waals surface area contributed by atoms with Gasteiger partial charge < -0.3 is 15.7 Å². The number of carbonyl (C=O) groups is 1. The van der Waals surface area contributed by atoms with E-state index in [2.05, 4.69) is 10.6 Å². The van der Waals surface area contributed by atoms with Gasteiger partial charge in [0.15, 0.2) is 0 Å². The van der Waals surface area contributed by atoms with Gasteiger partial charge in [0.2, 0.25) is 5.91 Å². The van der Waals surface area contributed by atoms with Crippen molar-refractivity contribution in [2.75, 3.05) is 13.1 Å². The highest BCUT2D eigenvalue weighted by atomic mass is 16.3. The number of hydrogen-bond donors (Lipinski definition) is 3. The van der Waals surface area contributed by atoms with Gasteiger partial charge in [-0.1, -0.05) is 0 Å². The first-order valence-electron chi connectivity index (χ1n) is 5.87. The van der Waals surface area contributed by atoms with Crippen LogP contribution in [0.4, 0.5) is 0 Å². The summed E-state index contributed by atoms with van der Waals surface area (Å²) in [4.78, 5) is 11.7. The molecule has 0 aromatic carbocycles.